The molecule has 0 heterocycles. The van der Waals surface area contributed by atoms with Crippen molar-refractivity contribution < 1.29 is 24.2 Å². The van der Waals surface area contributed by atoms with Crippen LogP contribution in [0.25, 0.3) is 0 Å². The zero-order valence-electron chi connectivity index (χ0n) is 32.9. The molecule has 0 amide bonds. The Balaban J connectivity index is 4.08. The molecular weight excluding hydrogens is 596 g/mol. The van der Waals surface area contributed by atoms with Crippen LogP contribution in [-0.2, 0) is 19.1 Å². The molecule has 2 unspecified atom stereocenters. The van der Waals surface area contributed by atoms with Gasteiger partial charge in [0, 0.05) is 0 Å². The van der Waals surface area contributed by atoms with Crippen molar-refractivity contribution in [2.24, 2.45) is 11.8 Å². The first-order chi connectivity index (χ1) is 23.5. The van der Waals surface area contributed by atoms with Gasteiger partial charge < -0.3 is 14.6 Å². The molecular formula is C43H84O5. The smallest absolute Gasteiger partial charge is 0.308 e. The summed E-state index contributed by atoms with van der Waals surface area (Å²) in [6.07, 6.45) is 35.6. The van der Waals surface area contributed by atoms with E-state index in [1.165, 1.54) is 103 Å². The van der Waals surface area contributed by atoms with Gasteiger partial charge in [-0.1, -0.05) is 169 Å². The van der Waals surface area contributed by atoms with Crippen LogP contribution in [0.5, 0.6) is 0 Å². The number of carbonyl (C=O) groups is 2. The van der Waals surface area contributed by atoms with E-state index in [0.29, 0.717) is 13.2 Å². The summed E-state index contributed by atoms with van der Waals surface area (Å²) in [6.45, 7) is 9.97. The fourth-order valence-corrected chi connectivity index (χ4v) is 6.78. The quantitative estimate of drug-likeness (QED) is 0.0519. The highest BCUT2D eigenvalue weighted by Crippen LogP contribution is 2.22. The maximum absolute atomic E-state index is 12.8. The molecule has 0 saturated heterocycles. The average Bonchev–Trinajstić information content (AvgIpc) is 3.08. The van der Waals surface area contributed by atoms with Gasteiger partial charge in [0.25, 0.3) is 0 Å². The second-order valence-corrected chi connectivity index (χ2v) is 14.9. The Morgan fingerprint density at radius 2 is 0.625 bits per heavy atom. The van der Waals surface area contributed by atoms with E-state index >= 15 is 0 Å². The Morgan fingerprint density at radius 1 is 0.375 bits per heavy atom. The Bertz CT molecular complexity index is 624. The van der Waals surface area contributed by atoms with E-state index in [1.54, 1.807) is 0 Å². The van der Waals surface area contributed by atoms with Crippen LogP contribution in [0.4, 0.5) is 0 Å². The molecule has 48 heavy (non-hydrogen) atoms. The van der Waals surface area contributed by atoms with Crippen molar-refractivity contribution in [2.45, 2.75) is 239 Å². The van der Waals surface area contributed by atoms with E-state index in [2.05, 4.69) is 27.7 Å². The Morgan fingerprint density at radius 3 is 0.958 bits per heavy atom. The van der Waals surface area contributed by atoms with Gasteiger partial charge in [0.1, 0.15) is 0 Å². The van der Waals surface area contributed by atoms with Crippen molar-refractivity contribution in [1.82, 2.24) is 0 Å². The molecule has 0 spiro atoms. The highest BCUT2D eigenvalue weighted by molar-refractivity contribution is 5.72. The standard InChI is InChI=1S/C43H84O5/c1-5-9-13-17-19-25-33-39(31-23-15-11-7-3)42(45)47-37-29-21-27-35-41(44)36-28-22-30-38-48-43(46)40(32-24-16-12-8-4)34-26-20-18-14-10-6-2/h39-41,44H,5-38H2,1-4H3. The molecule has 5 heteroatoms. The molecule has 0 aliphatic carbocycles. The summed E-state index contributed by atoms with van der Waals surface area (Å²) >= 11 is 0. The normalized spacial score (nSPS) is 13.4. The average molecular weight is 681 g/mol. The van der Waals surface area contributed by atoms with Crippen molar-refractivity contribution in [2.75, 3.05) is 13.2 Å². The lowest BCUT2D eigenvalue weighted by molar-refractivity contribution is -0.150. The Hall–Kier alpha value is -1.10. The van der Waals surface area contributed by atoms with Gasteiger partial charge in [0.05, 0.1) is 31.2 Å². The lowest BCUT2D eigenvalue weighted by Crippen LogP contribution is -2.19. The van der Waals surface area contributed by atoms with Crippen LogP contribution in [0.2, 0.25) is 0 Å². The number of hydrogen-bond donors (Lipinski definition) is 1. The summed E-state index contributed by atoms with van der Waals surface area (Å²) < 4.78 is 11.5. The van der Waals surface area contributed by atoms with Gasteiger partial charge in [-0.2, -0.15) is 0 Å². The van der Waals surface area contributed by atoms with Crippen LogP contribution >= 0.6 is 0 Å². The number of aliphatic hydroxyl groups is 1. The number of rotatable bonds is 38. The highest BCUT2D eigenvalue weighted by Gasteiger charge is 2.20. The first-order valence-electron chi connectivity index (χ1n) is 21.5. The summed E-state index contributed by atoms with van der Waals surface area (Å²) in [6, 6.07) is 0. The molecule has 0 radical (unpaired) electrons. The molecule has 0 rings (SSSR count). The third kappa shape index (κ3) is 30.9. The van der Waals surface area contributed by atoms with Crippen LogP contribution in [0.15, 0.2) is 0 Å². The predicted octanol–water partition coefficient (Wildman–Crippen LogP) is 13.2. The third-order valence-corrected chi connectivity index (χ3v) is 10.1. The highest BCUT2D eigenvalue weighted by atomic mass is 16.5. The second kappa shape index (κ2) is 37.2. The molecule has 0 aliphatic rings. The zero-order valence-corrected chi connectivity index (χ0v) is 32.9. The van der Waals surface area contributed by atoms with E-state index in [1.807, 2.05) is 0 Å². The predicted molar refractivity (Wildman–Crippen MR) is 205 cm³/mol. The molecule has 0 aromatic carbocycles. The monoisotopic (exact) mass is 681 g/mol. The molecule has 0 fully saturated rings. The van der Waals surface area contributed by atoms with Gasteiger partial charge in [-0.05, 0) is 64.2 Å². The van der Waals surface area contributed by atoms with Gasteiger partial charge >= 0.3 is 11.9 Å². The first kappa shape index (κ1) is 46.9. The van der Waals surface area contributed by atoms with E-state index in [4.69, 9.17) is 9.47 Å². The van der Waals surface area contributed by atoms with Crippen molar-refractivity contribution in [3.63, 3.8) is 0 Å². The molecule has 5 nitrogen and oxygen atoms in total. The molecule has 286 valence electrons. The van der Waals surface area contributed by atoms with Gasteiger partial charge in [0.2, 0.25) is 0 Å². The summed E-state index contributed by atoms with van der Waals surface area (Å²) in [5, 5.41) is 10.5. The fraction of sp³-hybridized carbons (Fsp3) is 0.953. The number of ether oxygens (including phenoxy) is 2. The number of unbranched alkanes of at least 4 members (excludes halogenated alkanes) is 20. The summed E-state index contributed by atoms with van der Waals surface area (Å²) in [5.74, 6) is 0.179. The Labute approximate surface area is 299 Å². The Kier molecular flexibility index (Phi) is 36.3. The lowest BCUT2D eigenvalue weighted by atomic mass is 9.94. The lowest BCUT2D eigenvalue weighted by Gasteiger charge is -2.16. The van der Waals surface area contributed by atoms with Crippen LogP contribution in [0.1, 0.15) is 233 Å². The number of esters is 2. The SMILES string of the molecule is CCCCCCCCC(CCCCCC)C(=O)OCCCCCC(O)CCCCCOC(=O)C(CCCCCC)CCCCCCCC. The summed E-state index contributed by atoms with van der Waals surface area (Å²) in [5.41, 5.74) is 0. The summed E-state index contributed by atoms with van der Waals surface area (Å²) in [7, 11) is 0. The van der Waals surface area contributed by atoms with Crippen LogP contribution in [0, 0.1) is 11.8 Å². The minimum atomic E-state index is -0.273. The first-order valence-corrected chi connectivity index (χ1v) is 21.5. The summed E-state index contributed by atoms with van der Waals surface area (Å²) in [4.78, 5) is 25.7. The largest absolute Gasteiger partial charge is 0.465 e. The maximum Gasteiger partial charge on any atom is 0.308 e. The van der Waals surface area contributed by atoms with Crippen molar-refractivity contribution >= 4 is 11.9 Å². The van der Waals surface area contributed by atoms with Gasteiger partial charge in [-0.25, -0.2) is 0 Å². The maximum atomic E-state index is 12.8. The van der Waals surface area contributed by atoms with Gasteiger partial charge in [-0.3, -0.25) is 9.59 Å². The van der Waals surface area contributed by atoms with Gasteiger partial charge in [-0.15, -0.1) is 0 Å². The van der Waals surface area contributed by atoms with Crippen molar-refractivity contribution in [3.05, 3.63) is 0 Å². The fourth-order valence-electron chi connectivity index (χ4n) is 6.78. The minimum absolute atomic E-state index is 0.0195. The van der Waals surface area contributed by atoms with Crippen LogP contribution in [-0.4, -0.2) is 36.4 Å². The second-order valence-electron chi connectivity index (χ2n) is 14.9. The van der Waals surface area contributed by atoms with Crippen LogP contribution in [0.3, 0.4) is 0 Å². The molecule has 2 atom stereocenters. The number of hydrogen-bond acceptors (Lipinski definition) is 5. The molecule has 0 bridgehead atoms. The molecule has 0 aromatic heterocycles. The van der Waals surface area contributed by atoms with E-state index in [-0.39, 0.29) is 29.9 Å². The van der Waals surface area contributed by atoms with Crippen molar-refractivity contribution in [3.8, 4) is 0 Å². The molecule has 1 N–H and O–H groups in total. The van der Waals surface area contributed by atoms with Crippen molar-refractivity contribution in [1.29, 1.82) is 0 Å². The van der Waals surface area contributed by atoms with E-state index in [0.717, 1.165) is 103 Å². The van der Waals surface area contributed by atoms with E-state index in [9.17, 15) is 14.7 Å². The number of aliphatic hydroxyl groups excluding tert-OH is 1. The molecule has 0 aromatic rings. The molecule has 0 aliphatic heterocycles. The zero-order chi connectivity index (χ0) is 35.3. The molecule has 0 saturated carbocycles. The van der Waals surface area contributed by atoms with Gasteiger partial charge in [0.15, 0.2) is 0 Å². The third-order valence-electron chi connectivity index (χ3n) is 10.1. The topological polar surface area (TPSA) is 72.8 Å². The van der Waals surface area contributed by atoms with Crippen LogP contribution < -0.4 is 0 Å². The number of carbonyl (C=O) groups excluding carboxylic acids is 2. The van der Waals surface area contributed by atoms with E-state index < -0.39 is 0 Å². The minimum Gasteiger partial charge on any atom is -0.465 e.